The van der Waals surface area contributed by atoms with Crippen LogP contribution in [-0.4, -0.2) is 37.2 Å². The van der Waals surface area contributed by atoms with E-state index in [2.05, 4.69) is 69.4 Å². The molecule has 0 fully saturated rings. The van der Waals surface area contributed by atoms with Gasteiger partial charge in [-0.1, -0.05) is 275 Å². The van der Waals surface area contributed by atoms with Crippen LogP contribution in [0.5, 0.6) is 0 Å². The number of allylic oxidation sites excluding steroid dienone is 8. The van der Waals surface area contributed by atoms with Gasteiger partial charge in [0.15, 0.2) is 6.10 Å². The lowest BCUT2D eigenvalue weighted by Gasteiger charge is -2.18. The van der Waals surface area contributed by atoms with Crippen LogP contribution in [0, 0.1) is 0 Å². The SMILES string of the molecule is CCCCC/C=C\C/C=C\CCCCCCCCCC(=O)OC[C@H](COC(=O)CCCCCCC/C=C\C/C=C\CCCCC)OC(=O)CCCCCCCCCCCCCCCCCCCCCCC. The molecule has 0 saturated heterocycles. The molecule has 0 aliphatic heterocycles. The highest BCUT2D eigenvalue weighted by atomic mass is 16.6. The Bertz CT molecular complexity index is 1230. The predicted octanol–water partition coefficient (Wildman–Crippen LogP) is 21.0. The van der Waals surface area contributed by atoms with Crippen LogP contribution in [0.1, 0.15) is 329 Å². The van der Waals surface area contributed by atoms with E-state index in [1.54, 1.807) is 0 Å². The number of hydrogen-bond acceptors (Lipinski definition) is 6. The number of esters is 3. The van der Waals surface area contributed by atoms with Gasteiger partial charge < -0.3 is 14.2 Å². The van der Waals surface area contributed by atoms with Crippen molar-refractivity contribution in [3.05, 3.63) is 48.6 Å². The van der Waals surface area contributed by atoms with Gasteiger partial charge in [-0.25, -0.2) is 0 Å². The summed E-state index contributed by atoms with van der Waals surface area (Å²) < 4.78 is 16.9. The normalized spacial score (nSPS) is 12.3. The van der Waals surface area contributed by atoms with Gasteiger partial charge in [0.05, 0.1) is 0 Å². The summed E-state index contributed by atoms with van der Waals surface area (Å²) in [5.41, 5.74) is 0. The Hall–Kier alpha value is -2.63. The van der Waals surface area contributed by atoms with E-state index in [0.29, 0.717) is 19.3 Å². The third-order valence-electron chi connectivity index (χ3n) is 13.8. The maximum Gasteiger partial charge on any atom is 0.306 e. The molecule has 0 saturated carbocycles. The Labute approximate surface area is 441 Å². The van der Waals surface area contributed by atoms with Crippen molar-refractivity contribution in [1.82, 2.24) is 0 Å². The highest BCUT2D eigenvalue weighted by Crippen LogP contribution is 2.17. The van der Waals surface area contributed by atoms with Crippen LogP contribution in [0.2, 0.25) is 0 Å². The van der Waals surface area contributed by atoms with Crippen molar-refractivity contribution in [2.24, 2.45) is 0 Å². The molecule has 6 nitrogen and oxygen atoms in total. The summed E-state index contributed by atoms with van der Waals surface area (Å²) in [7, 11) is 0. The smallest absolute Gasteiger partial charge is 0.306 e. The number of rotatable bonds is 57. The predicted molar refractivity (Wildman–Crippen MR) is 307 cm³/mol. The van der Waals surface area contributed by atoms with Crippen LogP contribution in [0.15, 0.2) is 48.6 Å². The number of unbranched alkanes of at least 4 members (excludes halogenated alkanes) is 38. The van der Waals surface area contributed by atoms with Crippen molar-refractivity contribution in [2.45, 2.75) is 335 Å². The summed E-state index contributed by atoms with van der Waals surface area (Å²) in [6.45, 7) is 6.62. The van der Waals surface area contributed by atoms with Gasteiger partial charge in [0, 0.05) is 19.3 Å². The molecule has 0 aromatic rings. The van der Waals surface area contributed by atoms with Gasteiger partial charge >= 0.3 is 17.9 Å². The lowest BCUT2D eigenvalue weighted by Crippen LogP contribution is -2.30. The zero-order valence-corrected chi connectivity index (χ0v) is 47.5. The average Bonchev–Trinajstić information content (AvgIpc) is 3.37. The van der Waals surface area contributed by atoms with E-state index in [0.717, 1.165) is 89.9 Å². The topological polar surface area (TPSA) is 78.9 Å². The number of hydrogen-bond donors (Lipinski definition) is 0. The van der Waals surface area contributed by atoms with Crippen LogP contribution in [0.4, 0.5) is 0 Å². The average molecular weight is 996 g/mol. The molecule has 0 aromatic carbocycles. The number of carbonyl (C=O) groups excluding carboxylic acids is 3. The van der Waals surface area contributed by atoms with Gasteiger partial charge in [0.2, 0.25) is 0 Å². The molecule has 0 rings (SSSR count). The second-order valence-electron chi connectivity index (χ2n) is 21.0. The molecule has 71 heavy (non-hydrogen) atoms. The summed E-state index contributed by atoms with van der Waals surface area (Å²) in [5.74, 6) is -0.880. The van der Waals surface area contributed by atoms with Gasteiger partial charge in [0.1, 0.15) is 13.2 Å². The second kappa shape index (κ2) is 59.9. The van der Waals surface area contributed by atoms with Crippen LogP contribution < -0.4 is 0 Å². The van der Waals surface area contributed by atoms with E-state index in [4.69, 9.17) is 14.2 Å². The number of ether oxygens (including phenoxy) is 3. The highest BCUT2D eigenvalue weighted by Gasteiger charge is 2.19. The zero-order chi connectivity index (χ0) is 51.4. The molecule has 0 heterocycles. The molecular weight excluding hydrogens is 877 g/mol. The minimum atomic E-state index is -0.781. The lowest BCUT2D eigenvalue weighted by molar-refractivity contribution is -0.167. The molecule has 0 aromatic heterocycles. The molecule has 0 amide bonds. The molecule has 1 atom stereocenters. The Morgan fingerprint density at radius 3 is 0.803 bits per heavy atom. The maximum absolute atomic E-state index is 12.9. The van der Waals surface area contributed by atoms with E-state index >= 15 is 0 Å². The summed E-state index contributed by atoms with van der Waals surface area (Å²) in [6, 6.07) is 0. The Kier molecular flexibility index (Phi) is 57.7. The van der Waals surface area contributed by atoms with Crippen molar-refractivity contribution in [1.29, 1.82) is 0 Å². The largest absolute Gasteiger partial charge is 0.462 e. The van der Waals surface area contributed by atoms with Gasteiger partial charge in [-0.15, -0.1) is 0 Å². The Morgan fingerprint density at radius 2 is 0.507 bits per heavy atom. The molecule has 0 spiro atoms. The molecule has 6 heteroatoms. The molecule has 0 bridgehead atoms. The van der Waals surface area contributed by atoms with E-state index in [1.165, 1.54) is 199 Å². The second-order valence-corrected chi connectivity index (χ2v) is 21.0. The van der Waals surface area contributed by atoms with E-state index in [-0.39, 0.29) is 31.1 Å². The first-order valence-electron chi connectivity index (χ1n) is 31.1. The molecule has 414 valence electrons. The zero-order valence-electron chi connectivity index (χ0n) is 47.5. The lowest BCUT2D eigenvalue weighted by atomic mass is 10.0. The minimum absolute atomic E-state index is 0.0788. The minimum Gasteiger partial charge on any atom is -0.462 e. The third-order valence-corrected chi connectivity index (χ3v) is 13.8. The van der Waals surface area contributed by atoms with E-state index in [9.17, 15) is 14.4 Å². The first-order valence-corrected chi connectivity index (χ1v) is 31.1. The van der Waals surface area contributed by atoms with Crippen LogP contribution in [0.25, 0.3) is 0 Å². The molecule has 0 aliphatic carbocycles. The van der Waals surface area contributed by atoms with E-state index in [1.807, 2.05) is 0 Å². The van der Waals surface area contributed by atoms with Crippen molar-refractivity contribution in [2.75, 3.05) is 13.2 Å². The molecule has 0 radical (unpaired) electrons. The Morgan fingerprint density at radius 1 is 0.282 bits per heavy atom. The molecular formula is C65H118O6. The van der Waals surface area contributed by atoms with Gasteiger partial charge in [-0.05, 0) is 83.5 Å². The monoisotopic (exact) mass is 995 g/mol. The number of carbonyl (C=O) groups is 3. The quantitative estimate of drug-likeness (QED) is 0.0261. The summed E-state index contributed by atoms with van der Waals surface area (Å²) in [6.07, 6.45) is 73.9. The summed E-state index contributed by atoms with van der Waals surface area (Å²) >= 11 is 0. The van der Waals surface area contributed by atoms with Crippen LogP contribution >= 0.6 is 0 Å². The Balaban J connectivity index is 4.35. The van der Waals surface area contributed by atoms with E-state index < -0.39 is 6.10 Å². The summed E-state index contributed by atoms with van der Waals surface area (Å²) in [5, 5.41) is 0. The van der Waals surface area contributed by atoms with Crippen LogP contribution in [0.3, 0.4) is 0 Å². The third kappa shape index (κ3) is 58.1. The molecule has 0 unspecified atom stereocenters. The fraction of sp³-hybridized carbons (Fsp3) is 0.831. The standard InChI is InChI=1S/C65H118O6/c1-4-7-10-13-16-19-22-25-28-30-31-32-33-35-38-41-44-47-50-53-56-59-65(68)71-62(60-69-63(66)57-54-51-48-45-42-39-36-27-24-21-18-15-12-9-6-3)61-70-64(67)58-55-52-49-46-43-40-37-34-29-26-23-20-17-14-11-8-5-2/h17-18,20-21,26-27,29,36,62H,4-16,19,22-25,28,30-35,37-61H2,1-3H3/b20-17-,21-18-,29-26-,36-27-/t62-/m0/s1. The highest BCUT2D eigenvalue weighted by molar-refractivity contribution is 5.71. The van der Waals surface area contributed by atoms with Gasteiger partial charge in [-0.2, -0.15) is 0 Å². The van der Waals surface area contributed by atoms with Crippen LogP contribution in [-0.2, 0) is 28.6 Å². The molecule has 0 N–H and O–H groups in total. The summed E-state index contributed by atoms with van der Waals surface area (Å²) in [4.78, 5) is 38.3. The van der Waals surface area contributed by atoms with Gasteiger partial charge in [-0.3, -0.25) is 14.4 Å². The fourth-order valence-electron chi connectivity index (χ4n) is 9.09. The van der Waals surface area contributed by atoms with Crippen molar-refractivity contribution < 1.29 is 28.6 Å². The first-order chi connectivity index (χ1) is 35.0. The molecule has 0 aliphatic rings. The maximum atomic E-state index is 12.9. The first kappa shape index (κ1) is 68.4. The van der Waals surface area contributed by atoms with Crippen molar-refractivity contribution >= 4 is 17.9 Å². The van der Waals surface area contributed by atoms with Gasteiger partial charge in [0.25, 0.3) is 0 Å². The fourth-order valence-corrected chi connectivity index (χ4v) is 9.09. The van der Waals surface area contributed by atoms with Crippen molar-refractivity contribution in [3.8, 4) is 0 Å². The van der Waals surface area contributed by atoms with Crippen molar-refractivity contribution in [3.63, 3.8) is 0 Å².